The first-order valence-electron chi connectivity index (χ1n) is 11.2. The predicted octanol–water partition coefficient (Wildman–Crippen LogP) is 5.57. The van der Waals surface area contributed by atoms with Crippen molar-refractivity contribution < 1.29 is 19.0 Å². The van der Waals surface area contributed by atoms with Crippen molar-refractivity contribution in [3.63, 3.8) is 0 Å². The van der Waals surface area contributed by atoms with Gasteiger partial charge in [-0.2, -0.15) is 5.10 Å². The Bertz CT molecular complexity index is 1060. The first-order valence-corrected chi connectivity index (χ1v) is 11.2. The van der Waals surface area contributed by atoms with E-state index in [-0.39, 0.29) is 12.4 Å². The van der Waals surface area contributed by atoms with Crippen LogP contribution in [0, 0.1) is 24.6 Å². The Balaban J connectivity index is 1.55. The number of carboxylic acid groups (broad SMARTS) is 1. The summed E-state index contributed by atoms with van der Waals surface area (Å²) in [4.78, 5) is 10.6. The molecule has 1 fully saturated rings. The third-order valence-corrected chi connectivity index (χ3v) is 6.26. The van der Waals surface area contributed by atoms with Crippen LogP contribution in [0.3, 0.4) is 0 Å². The van der Waals surface area contributed by atoms with Gasteiger partial charge < -0.3 is 9.84 Å². The molecule has 32 heavy (non-hydrogen) atoms. The maximum Gasteiger partial charge on any atom is 0.329 e. The standard InChI is InChI=1S/C26H29FN2O3/c1-18-25(22-8-5-9-23(27)14-22)26(21-6-3-2-4-7-21)29(28-18)15-19-10-12-20(13-11-19)16-32-17-24(30)31/h2-9,14,19-20H,10-13,15-17H2,1H3,(H,30,31)/t19-,20-. The van der Waals surface area contributed by atoms with E-state index in [0.717, 1.165) is 60.3 Å². The molecule has 0 unspecified atom stereocenters. The quantitative estimate of drug-likeness (QED) is 0.501. The Morgan fingerprint density at radius 1 is 1.06 bits per heavy atom. The minimum absolute atomic E-state index is 0.226. The van der Waals surface area contributed by atoms with Crippen LogP contribution in [0.2, 0.25) is 0 Å². The average molecular weight is 437 g/mol. The van der Waals surface area contributed by atoms with Gasteiger partial charge >= 0.3 is 5.97 Å². The molecule has 0 saturated heterocycles. The second-order valence-electron chi connectivity index (χ2n) is 8.66. The third kappa shape index (κ3) is 5.25. The van der Waals surface area contributed by atoms with E-state index in [9.17, 15) is 9.18 Å². The summed E-state index contributed by atoms with van der Waals surface area (Å²) in [5.41, 5.74) is 4.81. The molecule has 168 valence electrons. The fourth-order valence-electron chi connectivity index (χ4n) is 4.73. The van der Waals surface area contributed by atoms with Crippen LogP contribution >= 0.6 is 0 Å². The van der Waals surface area contributed by atoms with E-state index in [1.807, 2.05) is 31.2 Å². The number of aryl methyl sites for hydroxylation is 1. The molecule has 0 spiro atoms. The SMILES string of the molecule is Cc1nn(C[C@H]2CC[C@H](COCC(=O)O)CC2)c(-c2ccccc2)c1-c1cccc(F)c1. The third-order valence-electron chi connectivity index (χ3n) is 6.26. The van der Waals surface area contributed by atoms with E-state index < -0.39 is 5.97 Å². The smallest absolute Gasteiger partial charge is 0.329 e. The summed E-state index contributed by atoms with van der Waals surface area (Å²) in [6.45, 7) is 3.08. The predicted molar refractivity (Wildman–Crippen MR) is 122 cm³/mol. The van der Waals surface area contributed by atoms with Gasteiger partial charge in [0.15, 0.2) is 0 Å². The average Bonchev–Trinajstić information content (AvgIpc) is 3.11. The lowest BCUT2D eigenvalue weighted by Gasteiger charge is -2.28. The number of nitrogens with zero attached hydrogens (tertiary/aromatic N) is 2. The topological polar surface area (TPSA) is 64.4 Å². The molecule has 1 aromatic heterocycles. The summed E-state index contributed by atoms with van der Waals surface area (Å²) in [6.07, 6.45) is 4.18. The second-order valence-corrected chi connectivity index (χ2v) is 8.66. The zero-order chi connectivity index (χ0) is 22.5. The Labute approximate surface area is 187 Å². The van der Waals surface area contributed by atoms with Crippen LogP contribution in [0.4, 0.5) is 4.39 Å². The van der Waals surface area contributed by atoms with Crippen molar-refractivity contribution in [3.05, 3.63) is 66.1 Å². The monoisotopic (exact) mass is 436 g/mol. The molecule has 0 aliphatic heterocycles. The van der Waals surface area contributed by atoms with Crippen molar-refractivity contribution >= 4 is 5.97 Å². The minimum atomic E-state index is -0.921. The lowest BCUT2D eigenvalue weighted by Crippen LogP contribution is -2.23. The summed E-state index contributed by atoms with van der Waals surface area (Å²) in [5, 5.41) is 13.6. The van der Waals surface area contributed by atoms with Crippen LogP contribution in [0.5, 0.6) is 0 Å². The minimum Gasteiger partial charge on any atom is -0.480 e. The molecule has 1 heterocycles. The van der Waals surface area contributed by atoms with E-state index in [4.69, 9.17) is 14.9 Å². The lowest BCUT2D eigenvalue weighted by atomic mass is 9.82. The van der Waals surface area contributed by atoms with Gasteiger partial charge in [0.2, 0.25) is 0 Å². The molecule has 0 atom stereocenters. The highest BCUT2D eigenvalue weighted by molar-refractivity contribution is 5.83. The molecule has 1 aliphatic carbocycles. The van der Waals surface area contributed by atoms with Crippen molar-refractivity contribution in [1.82, 2.24) is 9.78 Å². The van der Waals surface area contributed by atoms with Gasteiger partial charge in [-0.15, -0.1) is 0 Å². The maximum absolute atomic E-state index is 14.0. The van der Waals surface area contributed by atoms with Gasteiger partial charge in [-0.05, 0) is 62.1 Å². The Kier molecular flexibility index (Phi) is 7.00. The Morgan fingerprint density at radius 3 is 2.44 bits per heavy atom. The Morgan fingerprint density at radius 2 is 1.75 bits per heavy atom. The van der Waals surface area contributed by atoms with Crippen molar-refractivity contribution in [1.29, 1.82) is 0 Å². The van der Waals surface area contributed by atoms with Crippen molar-refractivity contribution in [2.24, 2.45) is 11.8 Å². The van der Waals surface area contributed by atoms with E-state index in [2.05, 4.69) is 16.8 Å². The molecule has 1 saturated carbocycles. The summed E-state index contributed by atoms with van der Waals surface area (Å²) < 4.78 is 21.4. The van der Waals surface area contributed by atoms with Crippen LogP contribution in [0.25, 0.3) is 22.4 Å². The van der Waals surface area contributed by atoms with Gasteiger partial charge in [-0.25, -0.2) is 9.18 Å². The van der Waals surface area contributed by atoms with Crippen LogP contribution in [0.1, 0.15) is 31.4 Å². The van der Waals surface area contributed by atoms with Crippen molar-refractivity contribution in [2.75, 3.05) is 13.2 Å². The molecule has 1 aliphatic rings. The summed E-state index contributed by atoms with van der Waals surface area (Å²) >= 11 is 0. The van der Waals surface area contributed by atoms with Gasteiger partial charge in [0, 0.05) is 17.7 Å². The number of benzene rings is 2. The number of rotatable bonds is 8. The molecule has 0 amide bonds. The van der Waals surface area contributed by atoms with Gasteiger partial charge in [0.05, 0.1) is 18.0 Å². The molecule has 0 radical (unpaired) electrons. The number of aliphatic carboxylic acids is 1. The number of aromatic nitrogens is 2. The first-order chi connectivity index (χ1) is 15.5. The van der Waals surface area contributed by atoms with Gasteiger partial charge in [0.1, 0.15) is 12.4 Å². The first kappa shape index (κ1) is 22.2. The molecule has 3 aromatic rings. The maximum atomic E-state index is 14.0. The molecular weight excluding hydrogens is 407 g/mol. The van der Waals surface area contributed by atoms with E-state index >= 15 is 0 Å². The van der Waals surface area contributed by atoms with Crippen LogP contribution in [-0.4, -0.2) is 34.1 Å². The van der Waals surface area contributed by atoms with Gasteiger partial charge in [-0.1, -0.05) is 42.5 Å². The van der Waals surface area contributed by atoms with Crippen molar-refractivity contribution in [3.8, 4) is 22.4 Å². The number of carbonyl (C=O) groups is 1. The number of ether oxygens (including phenoxy) is 1. The van der Waals surface area contributed by atoms with Crippen LogP contribution < -0.4 is 0 Å². The number of carboxylic acids is 1. The highest BCUT2D eigenvalue weighted by Gasteiger charge is 2.25. The number of halogens is 1. The zero-order valence-electron chi connectivity index (χ0n) is 18.3. The second kappa shape index (κ2) is 10.1. The summed E-state index contributed by atoms with van der Waals surface area (Å²) in [5.74, 6) is -0.262. The lowest BCUT2D eigenvalue weighted by molar-refractivity contribution is -0.142. The highest BCUT2D eigenvalue weighted by atomic mass is 19.1. The van der Waals surface area contributed by atoms with Crippen LogP contribution in [0.15, 0.2) is 54.6 Å². The molecule has 1 N–H and O–H groups in total. The fourth-order valence-corrected chi connectivity index (χ4v) is 4.73. The molecule has 5 nitrogen and oxygen atoms in total. The number of hydrogen-bond acceptors (Lipinski definition) is 3. The molecule has 4 rings (SSSR count). The van der Waals surface area contributed by atoms with E-state index in [1.165, 1.54) is 6.07 Å². The van der Waals surface area contributed by atoms with Gasteiger partial charge in [0.25, 0.3) is 0 Å². The largest absolute Gasteiger partial charge is 0.480 e. The molecular formula is C26H29FN2O3. The summed E-state index contributed by atoms with van der Waals surface area (Å²) in [7, 11) is 0. The summed E-state index contributed by atoms with van der Waals surface area (Å²) in [6, 6.07) is 16.9. The van der Waals surface area contributed by atoms with Crippen molar-refractivity contribution in [2.45, 2.75) is 39.2 Å². The van der Waals surface area contributed by atoms with E-state index in [1.54, 1.807) is 12.1 Å². The fraction of sp³-hybridized carbons (Fsp3) is 0.385. The van der Waals surface area contributed by atoms with Gasteiger partial charge in [-0.3, -0.25) is 4.68 Å². The van der Waals surface area contributed by atoms with Crippen LogP contribution in [-0.2, 0) is 16.1 Å². The molecule has 2 aromatic carbocycles. The molecule has 0 bridgehead atoms. The normalized spacial score (nSPS) is 18.6. The molecule has 6 heteroatoms. The van der Waals surface area contributed by atoms with E-state index in [0.29, 0.717) is 18.4 Å². The Hall–Kier alpha value is -2.99. The zero-order valence-corrected chi connectivity index (χ0v) is 18.3. The number of hydrogen-bond donors (Lipinski definition) is 1. The highest BCUT2D eigenvalue weighted by Crippen LogP contribution is 2.37.